The van der Waals surface area contributed by atoms with E-state index in [4.69, 9.17) is 0 Å². The number of carbonyl (C=O) groups excluding carboxylic acids is 1. The number of hydrogen-bond donors (Lipinski definition) is 1. The SMILES string of the molecule is CCCCCCCCCNC(=O)CN(CC)CC.Cl. The van der Waals surface area contributed by atoms with Gasteiger partial charge >= 0.3 is 0 Å². The molecule has 0 bridgehead atoms. The molecule has 1 amide bonds. The second-order valence-electron chi connectivity index (χ2n) is 4.93. The third kappa shape index (κ3) is 13.9. The summed E-state index contributed by atoms with van der Waals surface area (Å²) in [5.74, 6) is 0.171. The van der Waals surface area contributed by atoms with E-state index in [1.165, 1.54) is 38.5 Å². The fraction of sp³-hybridized carbons (Fsp3) is 0.933. The number of carbonyl (C=O) groups is 1. The van der Waals surface area contributed by atoms with E-state index in [0.717, 1.165) is 26.1 Å². The van der Waals surface area contributed by atoms with Crippen molar-refractivity contribution in [2.45, 2.75) is 65.7 Å². The minimum absolute atomic E-state index is 0. The molecule has 0 unspecified atom stereocenters. The van der Waals surface area contributed by atoms with Gasteiger partial charge in [-0.2, -0.15) is 0 Å². The van der Waals surface area contributed by atoms with Crippen molar-refractivity contribution in [3.63, 3.8) is 0 Å². The Labute approximate surface area is 125 Å². The fourth-order valence-electron chi connectivity index (χ4n) is 2.02. The van der Waals surface area contributed by atoms with Gasteiger partial charge in [-0.25, -0.2) is 0 Å². The van der Waals surface area contributed by atoms with Gasteiger partial charge in [0.15, 0.2) is 0 Å². The molecule has 0 saturated heterocycles. The third-order valence-electron chi connectivity index (χ3n) is 3.36. The summed E-state index contributed by atoms with van der Waals surface area (Å²) in [4.78, 5) is 13.7. The minimum Gasteiger partial charge on any atom is -0.355 e. The molecule has 0 fully saturated rings. The molecule has 0 aliphatic carbocycles. The molecule has 0 aliphatic rings. The average molecular weight is 293 g/mol. The highest BCUT2D eigenvalue weighted by atomic mass is 35.5. The van der Waals surface area contributed by atoms with Crippen LogP contribution in [0.15, 0.2) is 0 Å². The van der Waals surface area contributed by atoms with E-state index in [0.29, 0.717) is 6.54 Å². The number of amides is 1. The molecular formula is C15H33ClN2O. The van der Waals surface area contributed by atoms with Gasteiger partial charge in [-0.1, -0.05) is 59.3 Å². The lowest BCUT2D eigenvalue weighted by Gasteiger charge is -2.17. The first-order valence-electron chi connectivity index (χ1n) is 7.73. The van der Waals surface area contributed by atoms with Crippen LogP contribution in [0, 0.1) is 0 Å². The molecule has 0 aromatic heterocycles. The zero-order valence-electron chi connectivity index (χ0n) is 13.0. The minimum atomic E-state index is 0. The Morgan fingerprint density at radius 3 is 1.95 bits per heavy atom. The molecule has 4 heteroatoms. The van der Waals surface area contributed by atoms with Crippen LogP contribution in [0.25, 0.3) is 0 Å². The van der Waals surface area contributed by atoms with E-state index in [1.54, 1.807) is 0 Å². The Balaban J connectivity index is 0. The van der Waals surface area contributed by atoms with Crippen LogP contribution in [-0.2, 0) is 4.79 Å². The van der Waals surface area contributed by atoms with Crippen molar-refractivity contribution >= 4 is 18.3 Å². The van der Waals surface area contributed by atoms with Crippen LogP contribution >= 0.6 is 12.4 Å². The molecule has 0 atom stereocenters. The van der Waals surface area contributed by atoms with E-state index in [-0.39, 0.29) is 18.3 Å². The molecule has 0 aliphatic heterocycles. The Morgan fingerprint density at radius 2 is 1.42 bits per heavy atom. The monoisotopic (exact) mass is 292 g/mol. The van der Waals surface area contributed by atoms with Crippen LogP contribution < -0.4 is 5.32 Å². The Kier molecular flexibility index (Phi) is 17.5. The summed E-state index contributed by atoms with van der Waals surface area (Å²) in [7, 11) is 0. The second kappa shape index (κ2) is 15.8. The third-order valence-corrected chi connectivity index (χ3v) is 3.36. The molecule has 0 aromatic rings. The molecule has 19 heavy (non-hydrogen) atoms. The fourth-order valence-corrected chi connectivity index (χ4v) is 2.02. The lowest BCUT2D eigenvalue weighted by atomic mass is 10.1. The Hall–Kier alpha value is -0.280. The molecule has 3 nitrogen and oxygen atoms in total. The summed E-state index contributed by atoms with van der Waals surface area (Å²) < 4.78 is 0. The van der Waals surface area contributed by atoms with Gasteiger partial charge in [0.25, 0.3) is 0 Å². The van der Waals surface area contributed by atoms with E-state index in [9.17, 15) is 4.79 Å². The lowest BCUT2D eigenvalue weighted by Crippen LogP contribution is -2.37. The van der Waals surface area contributed by atoms with E-state index in [2.05, 4.69) is 31.0 Å². The summed E-state index contributed by atoms with van der Waals surface area (Å²) >= 11 is 0. The van der Waals surface area contributed by atoms with Crippen molar-refractivity contribution in [2.24, 2.45) is 0 Å². The highest BCUT2D eigenvalue weighted by Gasteiger charge is 2.05. The molecule has 0 spiro atoms. The smallest absolute Gasteiger partial charge is 0.234 e. The lowest BCUT2D eigenvalue weighted by molar-refractivity contribution is -0.122. The van der Waals surface area contributed by atoms with Crippen molar-refractivity contribution in [2.75, 3.05) is 26.2 Å². The van der Waals surface area contributed by atoms with Crippen molar-refractivity contribution in [1.29, 1.82) is 0 Å². The molecule has 1 N–H and O–H groups in total. The number of unbranched alkanes of at least 4 members (excludes halogenated alkanes) is 6. The molecule has 0 rings (SSSR count). The van der Waals surface area contributed by atoms with Crippen LogP contribution in [-0.4, -0.2) is 37.0 Å². The normalized spacial score (nSPS) is 10.3. The molecule has 0 aromatic carbocycles. The molecular weight excluding hydrogens is 260 g/mol. The number of rotatable bonds is 12. The zero-order chi connectivity index (χ0) is 13.6. The first-order valence-corrected chi connectivity index (χ1v) is 7.73. The van der Waals surface area contributed by atoms with Crippen molar-refractivity contribution in [1.82, 2.24) is 10.2 Å². The van der Waals surface area contributed by atoms with Gasteiger partial charge in [-0.15, -0.1) is 12.4 Å². The van der Waals surface area contributed by atoms with E-state index < -0.39 is 0 Å². The maximum atomic E-state index is 11.6. The van der Waals surface area contributed by atoms with Gasteiger partial charge in [0.2, 0.25) is 5.91 Å². The van der Waals surface area contributed by atoms with Gasteiger partial charge in [0.05, 0.1) is 6.54 Å². The maximum Gasteiger partial charge on any atom is 0.234 e. The number of halogens is 1. The van der Waals surface area contributed by atoms with Crippen LogP contribution in [0.4, 0.5) is 0 Å². The van der Waals surface area contributed by atoms with Crippen LogP contribution in [0.5, 0.6) is 0 Å². The first-order chi connectivity index (χ1) is 8.74. The Bertz CT molecular complexity index is 197. The Morgan fingerprint density at radius 1 is 0.895 bits per heavy atom. The van der Waals surface area contributed by atoms with Gasteiger partial charge in [0, 0.05) is 6.54 Å². The first kappa shape index (κ1) is 21.0. The van der Waals surface area contributed by atoms with E-state index >= 15 is 0 Å². The average Bonchev–Trinajstić information content (AvgIpc) is 2.39. The summed E-state index contributed by atoms with van der Waals surface area (Å²) in [5.41, 5.74) is 0. The van der Waals surface area contributed by atoms with Crippen molar-refractivity contribution in [3.05, 3.63) is 0 Å². The predicted molar refractivity (Wildman–Crippen MR) is 86.0 cm³/mol. The van der Waals surface area contributed by atoms with Gasteiger partial charge in [0.1, 0.15) is 0 Å². The summed E-state index contributed by atoms with van der Waals surface area (Å²) in [6.07, 6.45) is 9.06. The molecule has 116 valence electrons. The molecule has 0 saturated carbocycles. The highest BCUT2D eigenvalue weighted by Crippen LogP contribution is 2.06. The zero-order valence-corrected chi connectivity index (χ0v) is 13.9. The highest BCUT2D eigenvalue weighted by molar-refractivity contribution is 5.85. The number of nitrogens with one attached hydrogen (secondary N) is 1. The van der Waals surface area contributed by atoms with Crippen molar-refractivity contribution in [3.8, 4) is 0 Å². The number of nitrogens with zero attached hydrogens (tertiary/aromatic N) is 1. The summed E-state index contributed by atoms with van der Waals surface area (Å²) in [6.45, 7) is 9.70. The van der Waals surface area contributed by atoms with Gasteiger partial charge in [-0.05, 0) is 19.5 Å². The van der Waals surface area contributed by atoms with Crippen LogP contribution in [0.2, 0.25) is 0 Å². The van der Waals surface area contributed by atoms with Gasteiger partial charge in [-0.3, -0.25) is 9.69 Å². The molecule has 0 radical (unpaired) electrons. The standard InChI is InChI=1S/C15H32N2O.ClH/c1-4-7-8-9-10-11-12-13-16-15(18)14-17(5-2)6-3;/h4-14H2,1-3H3,(H,16,18);1H. The predicted octanol–water partition coefficient (Wildman–Crippen LogP) is 3.62. The topological polar surface area (TPSA) is 32.3 Å². The maximum absolute atomic E-state index is 11.6. The number of likely N-dealkylation sites (N-methyl/N-ethyl adjacent to an activating group) is 1. The van der Waals surface area contributed by atoms with Crippen LogP contribution in [0.3, 0.4) is 0 Å². The van der Waals surface area contributed by atoms with Crippen LogP contribution in [0.1, 0.15) is 65.7 Å². The molecule has 0 heterocycles. The van der Waals surface area contributed by atoms with Crippen molar-refractivity contribution < 1.29 is 4.79 Å². The van der Waals surface area contributed by atoms with E-state index in [1.807, 2.05) is 0 Å². The van der Waals surface area contributed by atoms with Gasteiger partial charge < -0.3 is 5.32 Å². The second-order valence-corrected chi connectivity index (χ2v) is 4.93. The summed E-state index contributed by atoms with van der Waals surface area (Å²) in [5, 5.41) is 3.00. The quantitative estimate of drug-likeness (QED) is 0.557. The number of hydrogen-bond acceptors (Lipinski definition) is 2. The largest absolute Gasteiger partial charge is 0.355 e. The summed E-state index contributed by atoms with van der Waals surface area (Å²) in [6, 6.07) is 0.